The summed E-state index contributed by atoms with van der Waals surface area (Å²) in [5, 5.41) is 9.19. The SMILES string of the molecule is CO[C@H]1CCN(c2ccc(-n3c(-c4ccc(C#N)c(F)c4)nc4c(N5CCC(N)C5)ccnc43)c(F)c2)C1. The Balaban J connectivity index is 1.52. The van der Waals surface area contributed by atoms with Crippen LogP contribution in [0.1, 0.15) is 18.4 Å². The van der Waals surface area contributed by atoms with Crippen molar-refractivity contribution in [3.8, 4) is 23.1 Å². The van der Waals surface area contributed by atoms with E-state index in [0.717, 1.165) is 37.3 Å². The molecule has 1 unspecified atom stereocenters. The van der Waals surface area contributed by atoms with E-state index in [9.17, 15) is 9.65 Å². The summed E-state index contributed by atoms with van der Waals surface area (Å²) in [5.74, 6) is -0.785. The number of rotatable bonds is 5. The third-order valence-corrected chi connectivity index (χ3v) is 7.45. The van der Waals surface area contributed by atoms with Crippen LogP contribution in [0.2, 0.25) is 0 Å². The molecule has 4 heterocycles. The highest BCUT2D eigenvalue weighted by Crippen LogP contribution is 2.36. The van der Waals surface area contributed by atoms with Gasteiger partial charge in [0.2, 0.25) is 0 Å². The summed E-state index contributed by atoms with van der Waals surface area (Å²) in [6, 6.07) is 13.1. The summed E-state index contributed by atoms with van der Waals surface area (Å²) in [5.41, 5.74) is 9.39. The summed E-state index contributed by atoms with van der Waals surface area (Å²) in [6.07, 6.45) is 3.53. The fraction of sp³-hybridized carbons (Fsp3) is 0.321. The van der Waals surface area contributed by atoms with Crippen LogP contribution in [0, 0.1) is 23.0 Å². The van der Waals surface area contributed by atoms with E-state index in [2.05, 4.69) is 14.8 Å². The molecule has 2 aromatic carbocycles. The predicted octanol–water partition coefficient (Wildman–Crippen LogP) is 4.00. The Morgan fingerprint density at radius 1 is 1.00 bits per heavy atom. The molecule has 2 aromatic heterocycles. The molecule has 8 nitrogen and oxygen atoms in total. The number of hydrogen-bond acceptors (Lipinski definition) is 7. The maximum Gasteiger partial charge on any atom is 0.167 e. The molecule has 0 radical (unpaired) electrons. The Kier molecular flexibility index (Phi) is 6.18. The molecule has 2 aliphatic heterocycles. The zero-order chi connectivity index (χ0) is 26.4. The van der Waals surface area contributed by atoms with Gasteiger partial charge in [-0.3, -0.25) is 4.57 Å². The largest absolute Gasteiger partial charge is 0.380 e. The monoisotopic (exact) mass is 515 g/mol. The molecule has 4 aromatic rings. The number of pyridine rings is 1. The molecule has 6 rings (SSSR count). The Morgan fingerprint density at radius 2 is 1.84 bits per heavy atom. The van der Waals surface area contributed by atoms with Crippen molar-refractivity contribution in [3.05, 3.63) is 65.9 Å². The van der Waals surface area contributed by atoms with E-state index in [-0.39, 0.29) is 23.4 Å². The molecule has 2 fully saturated rings. The minimum atomic E-state index is -0.667. The molecule has 10 heteroatoms. The number of fused-ring (bicyclic) bond motifs is 1. The molecular formula is C28H27F2N7O. The van der Waals surface area contributed by atoms with Crippen LogP contribution >= 0.6 is 0 Å². The molecule has 0 amide bonds. The number of aromatic nitrogens is 3. The highest BCUT2D eigenvalue weighted by atomic mass is 19.1. The molecule has 2 N–H and O–H groups in total. The number of anilines is 2. The molecule has 0 saturated carbocycles. The van der Waals surface area contributed by atoms with Gasteiger partial charge in [-0.25, -0.2) is 18.7 Å². The molecule has 2 aliphatic rings. The first-order valence-corrected chi connectivity index (χ1v) is 12.6. The van der Waals surface area contributed by atoms with Crippen molar-refractivity contribution < 1.29 is 13.5 Å². The number of benzene rings is 2. The van der Waals surface area contributed by atoms with Gasteiger partial charge in [-0.15, -0.1) is 0 Å². The van der Waals surface area contributed by atoms with E-state index in [1.54, 1.807) is 30.0 Å². The Morgan fingerprint density at radius 3 is 2.53 bits per heavy atom. The fourth-order valence-corrected chi connectivity index (χ4v) is 5.42. The van der Waals surface area contributed by atoms with Crippen molar-refractivity contribution in [2.24, 2.45) is 5.73 Å². The van der Waals surface area contributed by atoms with Gasteiger partial charge >= 0.3 is 0 Å². The second kappa shape index (κ2) is 9.67. The number of halogens is 2. The van der Waals surface area contributed by atoms with Crippen LogP contribution in [0.3, 0.4) is 0 Å². The maximum absolute atomic E-state index is 15.8. The lowest BCUT2D eigenvalue weighted by Crippen LogP contribution is -2.26. The van der Waals surface area contributed by atoms with Crippen LogP contribution in [0.4, 0.5) is 20.2 Å². The summed E-state index contributed by atoms with van der Waals surface area (Å²) in [7, 11) is 1.69. The Bertz CT molecular complexity index is 1560. The van der Waals surface area contributed by atoms with Crippen LogP contribution in [0.25, 0.3) is 28.2 Å². The summed E-state index contributed by atoms with van der Waals surface area (Å²) in [6.45, 7) is 2.93. The first-order chi connectivity index (χ1) is 18.5. The van der Waals surface area contributed by atoms with Crippen LogP contribution < -0.4 is 15.5 Å². The van der Waals surface area contributed by atoms with Gasteiger partial charge in [0.15, 0.2) is 5.65 Å². The van der Waals surface area contributed by atoms with Crippen LogP contribution in [0.5, 0.6) is 0 Å². The summed E-state index contributed by atoms with van der Waals surface area (Å²) >= 11 is 0. The number of nitrogens with zero attached hydrogens (tertiary/aromatic N) is 6. The average Bonchev–Trinajstić information content (AvgIpc) is 3.67. The van der Waals surface area contributed by atoms with Crippen molar-refractivity contribution in [3.63, 3.8) is 0 Å². The average molecular weight is 516 g/mol. The highest BCUT2D eigenvalue weighted by Gasteiger charge is 2.27. The smallest absolute Gasteiger partial charge is 0.167 e. The van der Waals surface area contributed by atoms with Crippen molar-refractivity contribution in [1.29, 1.82) is 5.26 Å². The van der Waals surface area contributed by atoms with Crippen LogP contribution in [0.15, 0.2) is 48.7 Å². The first-order valence-electron chi connectivity index (χ1n) is 12.6. The summed E-state index contributed by atoms with van der Waals surface area (Å²) < 4.78 is 37.6. The Labute approximate surface area is 218 Å². The van der Waals surface area contributed by atoms with Crippen LogP contribution in [-0.4, -0.2) is 60.0 Å². The quantitative estimate of drug-likeness (QED) is 0.429. The number of hydrogen-bond donors (Lipinski definition) is 1. The van der Waals surface area contributed by atoms with E-state index < -0.39 is 11.6 Å². The van der Waals surface area contributed by atoms with Crippen molar-refractivity contribution in [1.82, 2.24) is 14.5 Å². The maximum atomic E-state index is 15.8. The fourth-order valence-electron chi connectivity index (χ4n) is 5.42. The zero-order valence-corrected chi connectivity index (χ0v) is 20.9. The van der Waals surface area contributed by atoms with Gasteiger partial charge in [-0.1, -0.05) is 0 Å². The lowest BCUT2D eigenvalue weighted by atomic mass is 10.1. The van der Waals surface area contributed by atoms with Gasteiger partial charge < -0.3 is 20.3 Å². The number of ether oxygens (including phenoxy) is 1. The molecule has 38 heavy (non-hydrogen) atoms. The van der Waals surface area contributed by atoms with Crippen LogP contribution in [-0.2, 0) is 4.74 Å². The van der Waals surface area contributed by atoms with Gasteiger partial charge in [0, 0.05) is 56.8 Å². The number of imidazole rings is 1. The second-order valence-corrected chi connectivity index (χ2v) is 9.80. The first kappa shape index (κ1) is 24.3. The third kappa shape index (κ3) is 4.14. The van der Waals surface area contributed by atoms with E-state index in [4.69, 9.17) is 15.5 Å². The normalized spacial score (nSPS) is 19.4. The standard InChI is InChI=1S/C28H27F2N7O/c1-38-21-8-11-35(16-21)20-4-5-24(23(30)13-20)37-27(17-2-3-18(14-31)22(29)12-17)34-26-25(6-9-33-28(26)37)36-10-7-19(32)15-36/h2-6,9,12-13,19,21H,7-8,10-11,15-16,32H2,1H3/t19?,21-/m0/s1. The molecular weight excluding hydrogens is 488 g/mol. The molecule has 194 valence electrons. The molecule has 2 atom stereocenters. The van der Waals surface area contributed by atoms with Gasteiger partial charge in [0.1, 0.15) is 29.0 Å². The summed E-state index contributed by atoms with van der Waals surface area (Å²) in [4.78, 5) is 13.7. The predicted molar refractivity (Wildman–Crippen MR) is 141 cm³/mol. The van der Waals surface area contributed by atoms with Crippen molar-refractivity contribution >= 4 is 22.5 Å². The van der Waals surface area contributed by atoms with E-state index in [1.807, 2.05) is 18.2 Å². The van der Waals surface area contributed by atoms with Gasteiger partial charge in [0.05, 0.1) is 23.0 Å². The van der Waals surface area contributed by atoms with Gasteiger partial charge in [0.25, 0.3) is 0 Å². The van der Waals surface area contributed by atoms with E-state index >= 15 is 4.39 Å². The third-order valence-electron chi connectivity index (χ3n) is 7.45. The molecule has 0 bridgehead atoms. The topological polar surface area (TPSA) is 96.2 Å². The van der Waals surface area contributed by atoms with Crippen molar-refractivity contribution in [2.45, 2.75) is 25.0 Å². The minimum absolute atomic E-state index is 0.0562. The lowest BCUT2D eigenvalue weighted by Gasteiger charge is -2.20. The number of nitriles is 1. The second-order valence-electron chi connectivity index (χ2n) is 9.80. The van der Waals surface area contributed by atoms with Gasteiger partial charge in [-0.2, -0.15) is 5.26 Å². The number of nitrogens with two attached hydrogens (primary N) is 1. The Hall–Kier alpha value is -4.07. The number of methoxy groups -OCH3 is 1. The zero-order valence-electron chi connectivity index (χ0n) is 20.9. The van der Waals surface area contributed by atoms with E-state index in [0.29, 0.717) is 35.6 Å². The van der Waals surface area contributed by atoms with E-state index in [1.165, 1.54) is 18.2 Å². The lowest BCUT2D eigenvalue weighted by molar-refractivity contribution is 0.121. The molecule has 0 aliphatic carbocycles. The minimum Gasteiger partial charge on any atom is -0.380 e. The molecule has 2 saturated heterocycles. The van der Waals surface area contributed by atoms with Crippen molar-refractivity contribution in [2.75, 3.05) is 43.1 Å². The van der Waals surface area contributed by atoms with Gasteiger partial charge in [-0.05, 0) is 55.3 Å². The highest BCUT2D eigenvalue weighted by molar-refractivity contribution is 5.91. The molecule has 0 spiro atoms.